The fourth-order valence-corrected chi connectivity index (χ4v) is 2.75. The van der Waals surface area contributed by atoms with Gasteiger partial charge < -0.3 is 10.5 Å². The van der Waals surface area contributed by atoms with E-state index in [9.17, 15) is 0 Å². The van der Waals surface area contributed by atoms with E-state index in [0.29, 0.717) is 12.6 Å². The van der Waals surface area contributed by atoms with Gasteiger partial charge in [0, 0.05) is 5.56 Å². The monoisotopic (exact) mass is 251 g/mol. The van der Waals surface area contributed by atoms with Crippen LogP contribution in [0.25, 0.3) is 11.0 Å². The van der Waals surface area contributed by atoms with Crippen molar-refractivity contribution in [2.24, 2.45) is 0 Å². The van der Waals surface area contributed by atoms with Crippen molar-refractivity contribution in [1.29, 1.82) is 0 Å². The third-order valence-electron chi connectivity index (χ3n) is 3.61. The van der Waals surface area contributed by atoms with Crippen LogP contribution in [0, 0.1) is 0 Å². The maximum Gasteiger partial charge on any atom is 0.201 e. The lowest BCUT2D eigenvalue weighted by Crippen LogP contribution is -2.14. The van der Waals surface area contributed by atoms with Crippen molar-refractivity contribution in [2.45, 2.75) is 6.04 Å². The van der Waals surface area contributed by atoms with Crippen LogP contribution in [0.1, 0.15) is 11.6 Å². The van der Waals surface area contributed by atoms with Crippen LogP contribution in [0.3, 0.4) is 0 Å². The van der Waals surface area contributed by atoms with E-state index >= 15 is 0 Å². The number of nitrogens with two attached hydrogens (primary N) is 1. The number of hydrogen-bond acceptors (Lipinski definition) is 3. The first kappa shape index (κ1) is 10.4. The number of nitrogen functional groups attached to an aromatic ring is 1. The standard InChI is InChI=1S/C15H13N3O/c16-15-17-11-6-2-3-7-12(11)18(15)13-9-19-14-8-4-1-5-10(13)14/h1-8,13H,9H2,(H2,16,17). The molecule has 1 aromatic heterocycles. The van der Waals surface area contributed by atoms with E-state index in [2.05, 4.69) is 15.6 Å². The van der Waals surface area contributed by atoms with Gasteiger partial charge in [0.25, 0.3) is 0 Å². The molecule has 0 amide bonds. The maximum atomic E-state index is 6.09. The molecule has 4 rings (SSSR count). The van der Waals surface area contributed by atoms with Crippen molar-refractivity contribution in [1.82, 2.24) is 9.55 Å². The van der Waals surface area contributed by atoms with Crippen molar-refractivity contribution in [3.05, 3.63) is 54.1 Å². The average Bonchev–Trinajstić information content (AvgIpc) is 2.98. The zero-order chi connectivity index (χ0) is 12.8. The summed E-state index contributed by atoms with van der Waals surface area (Å²) in [5.41, 5.74) is 9.22. The van der Waals surface area contributed by atoms with E-state index < -0.39 is 0 Å². The predicted octanol–water partition coefficient (Wildman–Crippen LogP) is 2.60. The molecule has 0 fully saturated rings. The molecule has 94 valence electrons. The number of para-hydroxylation sites is 3. The Morgan fingerprint density at radius 2 is 1.89 bits per heavy atom. The van der Waals surface area contributed by atoms with E-state index in [-0.39, 0.29) is 6.04 Å². The van der Waals surface area contributed by atoms with E-state index in [4.69, 9.17) is 10.5 Å². The molecule has 4 nitrogen and oxygen atoms in total. The van der Waals surface area contributed by atoms with Gasteiger partial charge in [0.05, 0.1) is 17.1 Å². The summed E-state index contributed by atoms with van der Waals surface area (Å²) in [7, 11) is 0. The topological polar surface area (TPSA) is 53.1 Å². The zero-order valence-electron chi connectivity index (χ0n) is 10.3. The second-order valence-electron chi connectivity index (χ2n) is 4.69. The molecule has 2 N–H and O–H groups in total. The summed E-state index contributed by atoms with van der Waals surface area (Å²) in [5.74, 6) is 1.47. The number of imidazole rings is 1. The molecule has 0 saturated carbocycles. The smallest absolute Gasteiger partial charge is 0.201 e. The third kappa shape index (κ3) is 1.43. The predicted molar refractivity (Wildman–Crippen MR) is 74.2 cm³/mol. The zero-order valence-corrected chi connectivity index (χ0v) is 10.3. The van der Waals surface area contributed by atoms with Gasteiger partial charge in [-0.05, 0) is 18.2 Å². The van der Waals surface area contributed by atoms with Crippen LogP contribution in [-0.2, 0) is 0 Å². The van der Waals surface area contributed by atoms with Gasteiger partial charge in [-0.15, -0.1) is 0 Å². The Morgan fingerprint density at radius 1 is 1.11 bits per heavy atom. The first-order valence-corrected chi connectivity index (χ1v) is 6.29. The van der Waals surface area contributed by atoms with Crippen molar-refractivity contribution in [3.8, 4) is 5.75 Å². The molecule has 0 aliphatic carbocycles. The molecular weight excluding hydrogens is 238 g/mol. The molecule has 3 aromatic rings. The number of rotatable bonds is 1. The van der Waals surface area contributed by atoms with Crippen molar-refractivity contribution in [2.75, 3.05) is 12.3 Å². The van der Waals surface area contributed by atoms with Gasteiger partial charge in [0.2, 0.25) is 5.95 Å². The molecule has 1 aliphatic heterocycles. The van der Waals surface area contributed by atoms with Gasteiger partial charge >= 0.3 is 0 Å². The van der Waals surface area contributed by atoms with Crippen molar-refractivity contribution in [3.63, 3.8) is 0 Å². The number of ether oxygens (including phenoxy) is 1. The number of aromatic nitrogens is 2. The molecule has 2 aromatic carbocycles. The van der Waals surface area contributed by atoms with E-state index in [1.165, 1.54) is 0 Å². The molecule has 2 heterocycles. The molecule has 1 unspecified atom stereocenters. The van der Waals surface area contributed by atoms with E-state index in [1.54, 1.807) is 0 Å². The van der Waals surface area contributed by atoms with E-state index in [1.807, 2.05) is 42.5 Å². The fourth-order valence-electron chi connectivity index (χ4n) is 2.75. The minimum absolute atomic E-state index is 0.101. The van der Waals surface area contributed by atoms with Crippen molar-refractivity contribution >= 4 is 17.0 Å². The van der Waals surface area contributed by atoms with Crippen LogP contribution in [0.5, 0.6) is 5.75 Å². The number of anilines is 1. The van der Waals surface area contributed by atoms with Crippen LogP contribution < -0.4 is 10.5 Å². The molecule has 4 heteroatoms. The van der Waals surface area contributed by atoms with Crippen LogP contribution in [-0.4, -0.2) is 16.2 Å². The number of nitrogens with zero attached hydrogens (tertiary/aromatic N) is 2. The van der Waals surface area contributed by atoms with Crippen LogP contribution in [0.4, 0.5) is 5.95 Å². The maximum absolute atomic E-state index is 6.09. The Hall–Kier alpha value is -2.49. The molecule has 0 spiro atoms. The molecule has 19 heavy (non-hydrogen) atoms. The Labute approximate surface area is 110 Å². The SMILES string of the molecule is Nc1nc2ccccc2n1C1COc2ccccc21. The summed E-state index contributed by atoms with van der Waals surface area (Å²) in [6, 6.07) is 16.2. The Bertz CT molecular complexity index is 763. The van der Waals surface area contributed by atoms with Gasteiger partial charge in [-0.2, -0.15) is 0 Å². The highest BCUT2D eigenvalue weighted by molar-refractivity contribution is 5.78. The average molecular weight is 251 g/mol. The summed E-state index contributed by atoms with van der Waals surface area (Å²) in [6.45, 7) is 0.601. The summed E-state index contributed by atoms with van der Waals surface area (Å²) < 4.78 is 7.79. The molecule has 0 saturated heterocycles. The van der Waals surface area contributed by atoms with Gasteiger partial charge in [0.15, 0.2) is 0 Å². The van der Waals surface area contributed by atoms with Crippen LogP contribution >= 0.6 is 0 Å². The summed E-state index contributed by atoms with van der Waals surface area (Å²) in [4.78, 5) is 4.42. The largest absolute Gasteiger partial charge is 0.491 e. The molecule has 0 radical (unpaired) electrons. The first-order chi connectivity index (χ1) is 9.34. The number of hydrogen-bond donors (Lipinski definition) is 1. The first-order valence-electron chi connectivity index (χ1n) is 6.29. The highest BCUT2D eigenvalue weighted by Crippen LogP contribution is 2.37. The quantitative estimate of drug-likeness (QED) is 0.723. The second kappa shape index (κ2) is 3.75. The third-order valence-corrected chi connectivity index (χ3v) is 3.61. The number of fused-ring (bicyclic) bond motifs is 2. The van der Waals surface area contributed by atoms with Gasteiger partial charge in [-0.25, -0.2) is 4.98 Å². The normalized spacial score (nSPS) is 17.4. The van der Waals surface area contributed by atoms with E-state index in [0.717, 1.165) is 22.3 Å². The minimum atomic E-state index is 0.101. The summed E-state index contributed by atoms with van der Waals surface area (Å²) in [6.07, 6.45) is 0. The van der Waals surface area contributed by atoms with Gasteiger partial charge in [0.1, 0.15) is 12.4 Å². The molecule has 1 aliphatic rings. The molecule has 0 bridgehead atoms. The lowest BCUT2D eigenvalue weighted by Gasteiger charge is -2.13. The Balaban J connectivity index is 1.95. The van der Waals surface area contributed by atoms with Crippen LogP contribution in [0.2, 0.25) is 0 Å². The molecule has 1 atom stereocenters. The summed E-state index contributed by atoms with van der Waals surface area (Å²) in [5, 5.41) is 0. The van der Waals surface area contributed by atoms with Crippen LogP contribution in [0.15, 0.2) is 48.5 Å². The Kier molecular flexibility index (Phi) is 2.06. The molecular formula is C15H13N3O. The number of benzene rings is 2. The van der Waals surface area contributed by atoms with Gasteiger partial charge in [-0.1, -0.05) is 30.3 Å². The fraction of sp³-hybridized carbons (Fsp3) is 0.133. The highest BCUT2D eigenvalue weighted by atomic mass is 16.5. The Morgan fingerprint density at radius 3 is 2.84 bits per heavy atom. The second-order valence-corrected chi connectivity index (χ2v) is 4.69. The minimum Gasteiger partial charge on any atom is -0.491 e. The highest BCUT2D eigenvalue weighted by Gasteiger charge is 2.27. The lowest BCUT2D eigenvalue weighted by molar-refractivity contribution is 0.320. The lowest BCUT2D eigenvalue weighted by atomic mass is 10.1. The van der Waals surface area contributed by atoms with Crippen molar-refractivity contribution < 1.29 is 4.74 Å². The van der Waals surface area contributed by atoms with Gasteiger partial charge in [-0.3, -0.25) is 4.57 Å². The summed E-state index contributed by atoms with van der Waals surface area (Å²) >= 11 is 0.